The van der Waals surface area contributed by atoms with Gasteiger partial charge in [0.15, 0.2) is 0 Å². The van der Waals surface area contributed by atoms with Crippen molar-refractivity contribution in [3.63, 3.8) is 0 Å². The number of hydrogen-bond acceptors (Lipinski definition) is 8. The first kappa shape index (κ1) is 22.2. The number of benzene rings is 2. The van der Waals surface area contributed by atoms with Crippen molar-refractivity contribution in [2.45, 2.75) is 6.92 Å². The summed E-state index contributed by atoms with van der Waals surface area (Å²) in [4.78, 5) is 7.06. The van der Waals surface area contributed by atoms with Crippen molar-refractivity contribution in [2.24, 2.45) is 0 Å². The number of ether oxygens (including phenoxy) is 2. The van der Waals surface area contributed by atoms with Crippen LogP contribution in [0.5, 0.6) is 17.4 Å². The number of nitrogens with zero attached hydrogens (tertiary/aromatic N) is 4. The van der Waals surface area contributed by atoms with Crippen LogP contribution in [0.3, 0.4) is 0 Å². The Labute approximate surface area is 202 Å². The zero-order chi connectivity index (χ0) is 23.3. The molecular weight excluding hydrogens is 452 g/mol. The highest BCUT2D eigenvalue weighted by atomic mass is 35.5. The number of fused-ring (bicyclic) bond motifs is 1. The normalized spacial score (nSPS) is 13.6. The molecule has 2 aromatic carbocycles. The lowest BCUT2D eigenvalue weighted by atomic mass is 10.2. The van der Waals surface area contributed by atoms with Gasteiger partial charge < -0.3 is 25.0 Å². The minimum Gasteiger partial charge on any atom is -0.492 e. The zero-order valence-electron chi connectivity index (χ0n) is 18.8. The highest BCUT2D eigenvalue weighted by molar-refractivity contribution is 6.32. The quantitative estimate of drug-likeness (QED) is 0.384. The van der Waals surface area contributed by atoms with Crippen molar-refractivity contribution in [1.82, 2.24) is 20.5 Å². The number of hydrogen-bond donors (Lipinski definition) is 2. The summed E-state index contributed by atoms with van der Waals surface area (Å²) < 4.78 is 12.0. The molecule has 1 saturated heterocycles. The molecule has 0 atom stereocenters. The molecule has 1 aliphatic rings. The predicted molar refractivity (Wildman–Crippen MR) is 135 cm³/mol. The first-order valence-corrected chi connectivity index (χ1v) is 11.6. The molecule has 2 aromatic heterocycles. The molecule has 4 aromatic rings. The summed E-state index contributed by atoms with van der Waals surface area (Å²) in [5.74, 6) is 2.27. The number of aromatic nitrogens is 3. The Morgan fingerprint density at radius 1 is 1.03 bits per heavy atom. The highest BCUT2D eigenvalue weighted by Gasteiger charge is 2.16. The second-order valence-electron chi connectivity index (χ2n) is 7.81. The Balaban J connectivity index is 1.50. The van der Waals surface area contributed by atoms with E-state index in [1.54, 1.807) is 24.5 Å². The lowest BCUT2D eigenvalue weighted by Crippen LogP contribution is -2.43. The van der Waals surface area contributed by atoms with Crippen molar-refractivity contribution >= 4 is 39.6 Å². The van der Waals surface area contributed by atoms with Gasteiger partial charge >= 0.3 is 0 Å². The van der Waals surface area contributed by atoms with Gasteiger partial charge in [0, 0.05) is 54.8 Å². The van der Waals surface area contributed by atoms with E-state index in [9.17, 15) is 0 Å². The number of rotatable bonds is 7. The van der Waals surface area contributed by atoms with E-state index >= 15 is 0 Å². The molecular formula is C25H25ClN6O2. The number of piperazine rings is 1. The van der Waals surface area contributed by atoms with Gasteiger partial charge in [-0.25, -0.2) is 0 Å². The van der Waals surface area contributed by atoms with Gasteiger partial charge in [0.05, 0.1) is 29.7 Å². The molecule has 0 radical (unpaired) electrons. The molecule has 2 N–H and O–H groups in total. The topological polar surface area (TPSA) is 84.4 Å². The van der Waals surface area contributed by atoms with E-state index in [2.05, 4.69) is 37.9 Å². The fraction of sp³-hybridized carbons (Fsp3) is 0.240. The molecule has 3 heterocycles. The molecule has 8 nitrogen and oxygen atoms in total. The first-order chi connectivity index (χ1) is 16.7. The minimum absolute atomic E-state index is 0.395. The Morgan fingerprint density at radius 2 is 1.85 bits per heavy atom. The fourth-order valence-corrected chi connectivity index (χ4v) is 4.08. The summed E-state index contributed by atoms with van der Waals surface area (Å²) in [6.07, 6.45) is 3.36. The van der Waals surface area contributed by atoms with E-state index in [-0.39, 0.29) is 0 Å². The van der Waals surface area contributed by atoms with Gasteiger partial charge in [-0.2, -0.15) is 15.2 Å². The lowest BCUT2D eigenvalue weighted by Gasteiger charge is -2.30. The van der Waals surface area contributed by atoms with Crippen LogP contribution in [0.1, 0.15) is 6.92 Å². The molecule has 34 heavy (non-hydrogen) atoms. The van der Waals surface area contributed by atoms with Gasteiger partial charge in [0.2, 0.25) is 5.88 Å². The van der Waals surface area contributed by atoms with Crippen LogP contribution in [0.15, 0.2) is 60.9 Å². The van der Waals surface area contributed by atoms with E-state index in [1.165, 1.54) is 0 Å². The second-order valence-corrected chi connectivity index (χ2v) is 8.22. The summed E-state index contributed by atoms with van der Waals surface area (Å²) >= 11 is 6.28. The standard InChI is InChI=1S/C25H25ClN6O2/c1-2-33-23-14-18(32-11-9-27-10-12-32)7-8-21(23)30-25-19-16-29-28-15-17(19)13-24(31-25)34-22-6-4-3-5-20(22)26/h3-8,13-16,27H,2,9-12H2,1H3,(H,30,31). The smallest absolute Gasteiger partial charge is 0.221 e. The second kappa shape index (κ2) is 10.1. The van der Waals surface area contributed by atoms with Gasteiger partial charge in [0.25, 0.3) is 0 Å². The van der Waals surface area contributed by atoms with Crippen LogP contribution >= 0.6 is 11.6 Å². The average molecular weight is 477 g/mol. The average Bonchev–Trinajstić information content (AvgIpc) is 2.87. The van der Waals surface area contributed by atoms with Crippen LogP contribution in [-0.2, 0) is 0 Å². The molecule has 9 heteroatoms. The molecule has 0 spiro atoms. The Bertz CT molecular complexity index is 1300. The number of nitrogens with one attached hydrogen (secondary N) is 2. The molecule has 0 unspecified atom stereocenters. The van der Waals surface area contributed by atoms with E-state index in [4.69, 9.17) is 26.1 Å². The number of halogens is 1. The van der Waals surface area contributed by atoms with Gasteiger partial charge in [-0.05, 0) is 31.2 Å². The third kappa shape index (κ3) is 4.83. The van der Waals surface area contributed by atoms with Crippen molar-refractivity contribution in [1.29, 1.82) is 0 Å². The molecule has 0 bridgehead atoms. The molecule has 174 valence electrons. The minimum atomic E-state index is 0.395. The van der Waals surface area contributed by atoms with E-state index in [1.807, 2.05) is 31.2 Å². The summed E-state index contributed by atoms with van der Waals surface area (Å²) in [6.45, 7) is 6.39. The summed E-state index contributed by atoms with van der Waals surface area (Å²) in [6, 6.07) is 15.3. The van der Waals surface area contributed by atoms with Crippen molar-refractivity contribution in [3.05, 3.63) is 65.9 Å². The SMILES string of the molecule is CCOc1cc(N2CCNCC2)ccc1Nc1nc(Oc2ccccc2Cl)cc2cnncc12. The van der Waals surface area contributed by atoms with Gasteiger partial charge in [-0.3, -0.25) is 0 Å². The van der Waals surface area contributed by atoms with Crippen LogP contribution in [0, 0.1) is 0 Å². The van der Waals surface area contributed by atoms with Gasteiger partial charge in [-0.1, -0.05) is 23.7 Å². The molecule has 0 aliphatic carbocycles. The third-order valence-corrected chi connectivity index (χ3v) is 5.88. The third-order valence-electron chi connectivity index (χ3n) is 5.57. The molecule has 1 fully saturated rings. The van der Waals surface area contributed by atoms with Crippen molar-refractivity contribution in [2.75, 3.05) is 43.0 Å². The lowest BCUT2D eigenvalue weighted by molar-refractivity contribution is 0.342. The fourth-order valence-electron chi connectivity index (χ4n) is 3.90. The van der Waals surface area contributed by atoms with E-state index < -0.39 is 0 Å². The molecule has 0 saturated carbocycles. The van der Waals surface area contributed by atoms with Crippen LogP contribution < -0.4 is 25.0 Å². The summed E-state index contributed by atoms with van der Waals surface area (Å²) in [7, 11) is 0. The predicted octanol–water partition coefficient (Wildman–Crippen LogP) is 5.02. The molecule has 1 aliphatic heterocycles. The Morgan fingerprint density at radius 3 is 2.68 bits per heavy atom. The Hall–Kier alpha value is -3.62. The monoisotopic (exact) mass is 476 g/mol. The Kier molecular flexibility index (Phi) is 6.60. The van der Waals surface area contributed by atoms with Crippen molar-refractivity contribution < 1.29 is 9.47 Å². The highest BCUT2D eigenvalue weighted by Crippen LogP contribution is 2.36. The largest absolute Gasteiger partial charge is 0.492 e. The maximum atomic E-state index is 6.28. The summed E-state index contributed by atoms with van der Waals surface area (Å²) in [5, 5.41) is 17.0. The zero-order valence-corrected chi connectivity index (χ0v) is 19.5. The number of pyridine rings is 1. The van der Waals surface area contributed by atoms with E-state index in [0.29, 0.717) is 29.1 Å². The number of para-hydroxylation sites is 1. The molecule has 5 rings (SSSR count). The van der Waals surface area contributed by atoms with Gasteiger partial charge in [-0.15, -0.1) is 0 Å². The summed E-state index contributed by atoms with van der Waals surface area (Å²) in [5.41, 5.74) is 1.94. The van der Waals surface area contributed by atoms with Crippen LogP contribution in [0.2, 0.25) is 5.02 Å². The van der Waals surface area contributed by atoms with Crippen LogP contribution in [-0.4, -0.2) is 48.0 Å². The maximum Gasteiger partial charge on any atom is 0.221 e. The van der Waals surface area contributed by atoms with E-state index in [0.717, 1.165) is 54.1 Å². The first-order valence-electron chi connectivity index (χ1n) is 11.2. The molecule has 0 amide bonds. The van der Waals surface area contributed by atoms with Crippen LogP contribution in [0.4, 0.5) is 17.2 Å². The maximum absolute atomic E-state index is 6.28. The van der Waals surface area contributed by atoms with Crippen molar-refractivity contribution in [3.8, 4) is 17.4 Å². The van der Waals surface area contributed by atoms with Crippen LogP contribution in [0.25, 0.3) is 10.8 Å². The van der Waals surface area contributed by atoms with Gasteiger partial charge in [0.1, 0.15) is 17.3 Å². The number of anilines is 3.